The van der Waals surface area contributed by atoms with Crippen LogP contribution in [0.25, 0.3) is 0 Å². The Morgan fingerprint density at radius 3 is 2.63 bits per heavy atom. The van der Waals surface area contributed by atoms with Crippen LogP contribution in [0.3, 0.4) is 0 Å². The summed E-state index contributed by atoms with van der Waals surface area (Å²) in [7, 11) is 0. The SMILES string of the molecule is O=C(O)[C@@H]1CCCCN1C(=O)c1ccc(Br)cc1Br. The van der Waals surface area contributed by atoms with Crippen LogP contribution in [0, 0.1) is 0 Å². The third-order valence-corrected chi connectivity index (χ3v) is 4.36. The highest BCUT2D eigenvalue weighted by molar-refractivity contribution is 9.11. The molecule has 0 radical (unpaired) electrons. The molecule has 1 fully saturated rings. The molecule has 6 heteroatoms. The topological polar surface area (TPSA) is 57.6 Å². The van der Waals surface area contributed by atoms with Gasteiger partial charge in [0, 0.05) is 15.5 Å². The van der Waals surface area contributed by atoms with Crippen LogP contribution in [0.5, 0.6) is 0 Å². The van der Waals surface area contributed by atoms with Gasteiger partial charge in [0.1, 0.15) is 6.04 Å². The van der Waals surface area contributed by atoms with Crippen molar-refractivity contribution in [1.29, 1.82) is 0 Å². The molecule has 2 rings (SSSR count). The second-order valence-electron chi connectivity index (χ2n) is 4.47. The molecule has 0 spiro atoms. The molecule has 0 aliphatic carbocycles. The van der Waals surface area contributed by atoms with E-state index in [1.54, 1.807) is 18.2 Å². The van der Waals surface area contributed by atoms with E-state index in [2.05, 4.69) is 31.9 Å². The van der Waals surface area contributed by atoms with Crippen LogP contribution < -0.4 is 0 Å². The van der Waals surface area contributed by atoms with Gasteiger partial charge in [0.25, 0.3) is 5.91 Å². The van der Waals surface area contributed by atoms with Crippen molar-refractivity contribution in [1.82, 2.24) is 4.90 Å². The van der Waals surface area contributed by atoms with Crippen molar-refractivity contribution in [2.24, 2.45) is 0 Å². The van der Waals surface area contributed by atoms with Crippen LogP contribution >= 0.6 is 31.9 Å². The van der Waals surface area contributed by atoms with Crippen LogP contribution in [0.2, 0.25) is 0 Å². The summed E-state index contributed by atoms with van der Waals surface area (Å²) in [5.41, 5.74) is 0.497. The van der Waals surface area contributed by atoms with Gasteiger partial charge in [-0.1, -0.05) is 15.9 Å². The lowest BCUT2D eigenvalue weighted by atomic mass is 10.0. The molecule has 1 atom stereocenters. The van der Waals surface area contributed by atoms with E-state index in [0.717, 1.165) is 17.3 Å². The van der Waals surface area contributed by atoms with Gasteiger partial charge in [0.15, 0.2) is 0 Å². The molecule has 1 saturated heterocycles. The molecule has 19 heavy (non-hydrogen) atoms. The van der Waals surface area contributed by atoms with Gasteiger partial charge in [-0.2, -0.15) is 0 Å². The molecule has 1 aromatic rings. The Kier molecular flexibility index (Phi) is 4.62. The minimum Gasteiger partial charge on any atom is -0.480 e. The number of benzene rings is 1. The first-order chi connectivity index (χ1) is 9.00. The summed E-state index contributed by atoms with van der Waals surface area (Å²) in [6, 6.07) is 4.55. The van der Waals surface area contributed by atoms with Crippen molar-refractivity contribution in [3.63, 3.8) is 0 Å². The zero-order chi connectivity index (χ0) is 14.0. The summed E-state index contributed by atoms with van der Waals surface area (Å²) in [5, 5.41) is 9.20. The Morgan fingerprint density at radius 1 is 1.26 bits per heavy atom. The van der Waals surface area contributed by atoms with Gasteiger partial charge in [-0.3, -0.25) is 4.79 Å². The number of piperidine rings is 1. The summed E-state index contributed by atoms with van der Waals surface area (Å²) in [6.45, 7) is 0.498. The van der Waals surface area contributed by atoms with Gasteiger partial charge >= 0.3 is 5.97 Å². The molecule has 1 N–H and O–H groups in total. The fraction of sp³-hybridized carbons (Fsp3) is 0.385. The number of hydrogen-bond acceptors (Lipinski definition) is 2. The monoisotopic (exact) mass is 389 g/mol. The summed E-state index contributed by atoms with van der Waals surface area (Å²) < 4.78 is 1.53. The van der Waals surface area contributed by atoms with E-state index in [1.807, 2.05) is 0 Å². The third kappa shape index (κ3) is 3.17. The first kappa shape index (κ1) is 14.5. The van der Waals surface area contributed by atoms with Gasteiger partial charge in [0.05, 0.1) is 5.56 Å². The van der Waals surface area contributed by atoms with Crippen molar-refractivity contribution in [3.05, 3.63) is 32.7 Å². The van der Waals surface area contributed by atoms with Gasteiger partial charge < -0.3 is 10.0 Å². The van der Waals surface area contributed by atoms with Crippen LogP contribution in [-0.4, -0.2) is 34.5 Å². The van der Waals surface area contributed by atoms with Crippen molar-refractivity contribution in [2.45, 2.75) is 25.3 Å². The van der Waals surface area contributed by atoms with Crippen LogP contribution in [0.1, 0.15) is 29.6 Å². The average molecular weight is 391 g/mol. The van der Waals surface area contributed by atoms with Crippen molar-refractivity contribution in [3.8, 4) is 0 Å². The van der Waals surface area contributed by atoms with E-state index in [-0.39, 0.29) is 5.91 Å². The van der Waals surface area contributed by atoms with Crippen molar-refractivity contribution < 1.29 is 14.7 Å². The number of carboxylic acid groups (broad SMARTS) is 1. The Bertz CT molecular complexity index is 519. The highest BCUT2D eigenvalue weighted by atomic mass is 79.9. The molecule has 0 bridgehead atoms. The minimum absolute atomic E-state index is 0.230. The van der Waals surface area contributed by atoms with Crippen molar-refractivity contribution >= 4 is 43.7 Å². The molecule has 1 aromatic carbocycles. The molecule has 1 aliphatic heterocycles. The van der Waals surface area contributed by atoms with Gasteiger partial charge in [-0.25, -0.2) is 4.79 Å². The number of carbonyl (C=O) groups excluding carboxylic acids is 1. The number of likely N-dealkylation sites (tertiary alicyclic amines) is 1. The summed E-state index contributed by atoms with van der Waals surface area (Å²) in [5.74, 6) is -1.16. The number of nitrogens with zero attached hydrogens (tertiary/aromatic N) is 1. The van der Waals surface area contributed by atoms with Crippen LogP contribution in [-0.2, 0) is 4.79 Å². The highest BCUT2D eigenvalue weighted by Crippen LogP contribution is 2.26. The smallest absolute Gasteiger partial charge is 0.326 e. The molecule has 1 heterocycles. The second kappa shape index (κ2) is 6.05. The number of carbonyl (C=O) groups is 2. The molecule has 102 valence electrons. The fourth-order valence-corrected chi connectivity index (χ4v) is 3.47. The number of amides is 1. The predicted octanol–water partition coefficient (Wildman–Crippen LogP) is 3.29. The Morgan fingerprint density at radius 2 is 2.00 bits per heavy atom. The lowest BCUT2D eigenvalue weighted by molar-refractivity contribution is -0.143. The normalized spacial score (nSPS) is 19.3. The highest BCUT2D eigenvalue weighted by Gasteiger charge is 2.33. The average Bonchev–Trinajstić information content (AvgIpc) is 2.38. The minimum atomic E-state index is -0.929. The summed E-state index contributed by atoms with van der Waals surface area (Å²) >= 11 is 6.67. The summed E-state index contributed by atoms with van der Waals surface area (Å²) in [4.78, 5) is 25.1. The first-order valence-corrected chi connectivity index (χ1v) is 7.58. The quantitative estimate of drug-likeness (QED) is 0.842. The Labute approximate surface area is 128 Å². The predicted molar refractivity (Wildman–Crippen MR) is 78.2 cm³/mol. The maximum Gasteiger partial charge on any atom is 0.326 e. The van der Waals surface area contributed by atoms with Crippen molar-refractivity contribution in [2.75, 3.05) is 6.54 Å². The number of halogens is 2. The summed E-state index contributed by atoms with van der Waals surface area (Å²) in [6.07, 6.45) is 2.22. The lowest BCUT2D eigenvalue weighted by Gasteiger charge is -2.33. The van der Waals surface area contributed by atoms with E-state index in [9.17, 15) is 14.7 Å². The molecular weight excluding hydrogens is 378 g/mol. The van der Waals surface area contributed by atoms with Gasteiger partial charge in [-0.05, 0) is 53.4 Å². The van der Waals surface area contributed by atoms with E-state index in [0.29, 0.717) is 23.0 Å². The maximum atomic E-state index is 12.5. The number of aliphatic carboxylic acids is 1. The van der Waals surface area contributed by atoms with Gasteiger partial charge in [-0.15, -0.1) is 0 Å². The molecule has 1 amide bonds. The zero-order valence-corrected chi connectivity index (χ0v) is 13.3. The van der Waals surface area contributed by atoms with E-state index in [1.165, 1.54) is 4.90 Å². The molecule has 0 saturated carbocycles. The second-order valence-corrected chi connectivity index (χ2v) is 6.24. The third-order valence-electron chi connectivity index (χ3n) is 3.21. The number of carboxylic acids is 1. The number of hydrogen-bond donors (Lipinski definition) is 1. The van der Waals surface area contributed by atoms with E-state index in [4.69, 9.17) is 0 Å². The Balaban J connectivity index is 2.28. The molecule has 4 nitrogen and oxygen atoms in total. The lowest BCUT2D eigenvalue weighted by Crippen LogP contribution is -2.48. The Hall–Kier alpha value is -0.880. The molecule has 0 unspecified atom stereocenters. The van der Waals surface area contributed by atoms with Gasteiger partial charge in [0.2, 0.25) is 0 Å². The molecule has 0 aromatic heterocycles. The first-order valence-electron chi connectivity index (χ1n) is 5.99. The fourth-order valence-electron chi connectivity index (χ4n) is 2.25. The molecule has 1 aliphatic rings. The van der Waals surface area contributed by atoms with E-state index >= 15 is 0 Å². The van der Waals surface area contributed by atoms with Crippen LogP contribution in [0.15, 0.2) is 27.1 Å². The number of rotatable bonds is 2. The largest absolute Gasteiger partial charge is 0.480 e. The van der Waals surface area contributed by atoms with E-state index < -0.39 is 12.0 Å². The molecular formula is C13H13Br2NO3. The standard InChI is InChI=1S/C13H13Br2NO3/c14-8-4-5-9(10(15)7-8)12(17)16-6-2-1-3-11(16)13(18)19/h4-5,7,11H,1-3,6H2,(H,18,19)/t11-/m0/s1. The zero-order valence-electron chi connectivity index (χ0n) is 10.1. The van der Waals surface area contributed by atoms with Crippen LogP contribution in [0.4, 0.5) is 0 Å². The maximum absolute atomic E-state index is 12.5.